The van der Waals surface area contributed by atoms with Gasteiger partial charge in [0.05, 0.1) is 5.69 Å². The largest absolute Gasteiger partial charge is 0.481 e. The van der Waals surface area contributed by atoms with Gasteiger partial charge in [0, 0.05) is 6.20 Å². The second-order valence-electron chi connectivity index (χ2n) is 5.06. The van der Waals surface area contributed by atoms with Gasteiger partial charge in [-0.1, -0.05) is 25.3 Å². The summed E-state index contributed by atoms with van der Waals surface area (Å²) < 4.78 is 0. The van der Waals surface area contributed by atoms with Crippen LogP contribution >= 0.6 is 0 Å². The van der Waals surface area contributed by atoms with Crippen LogP contribution in [0.4, 0.5) is 0 Å². The van der Waals surface area contributed by atoms with Gasteiger partial charge in [-0.15, -0.1) is 0 Å². The van der Waals surface area contributed by atoms with Crippen LogP contribution in [0.15, 0.2) is 24.4 Å². The molecule has 1 N–H and O–H groups in total. The van der Waals surface area contributed by atoms with Gasteiger partial charge < -0.3 is 5.11 Å². The minimum absolute atomic E-state index is 0.212. The zero-order chi connectivity index (χ0) is 12.3. The van der Waals surface area contributed by atoms with Crippen molar-refractivity contribution in [3.8, 4) is 0 Å². The van der Waals surface area contributed by atoms with Crippen LogP contribution in [0.2, 0.25) is 0 Å². The molecule has 92 valence electrons. The first-order valence-corrected chi connectivity index (χ1v) is 6.30. The Kier molecular flexibility index (Phi) is 3.46. The number of rotatable bonds is 3. The highest BCUT2D eigenvalue weighted by Gasteiger charge is 2.44. The zero-order valence-electron chi connectivity index (χ0n) is 10.2. The van der Waals surface area contributed by atoms with Crippen molar-refractivity contribution in [1.82, 2.24) is 4.98 Å². The van der Waals surface area contributed by atoms with E-state index in [1.54, 1.807) is 6.20 Å². The van der Waals surface area contributed by atoms with Crippen LogP contribution in [0.5, 0.6) is 0 Å². The topological polar surface area (TPSA) is 50.2 Å². The van der Waals surface area contributed by atoms with Crippen molar-refractivity contribution in [2.45, 2.75) is 44.4 Å². The molecule has 0 aliphatic heterocycles. The van der Waals surface area contributed by atoms with Crippen LogP contribution in [-0.4, -0.2) is 16.1 Å². The normalized spacial score (nSPS) is 20.8. The molecule has 1 aromatic heterocycles. The van der Waals surface area contributed by atoms with Crippen molar-refractivity contribution in [2.75, 3.05) is 0 Å². The number of aliphatic carboxylic acids is 1. The van der Waals surface area contributed by atoms with Crippen LogP contribution in [-0.2, 0) is 10.2 Å². The third kappa shape index (κ3) is 2.19. The van der Waals surface area contributed by atoms with Crippen molar-refractivity contribution in [3.63, 3.8) is 0 Å². The number of nitrogens with zero attached hydrogens (tertiary/aromatic N) is 1. The van der Waals surface area contributed by atoms with Gasteiger partial charge in [0.15, 0.2) is 0 Å². The molecule has 0 spiro atoms. The number of hydrogen-bond acceptors (Lipinski definition) is 2. The van der Waals surface area contributed by atoms with Crippen LogP contribution in [0.25, 0.3) is 0 Å². The number of aromatic nitrogens is 1. The summed E-state index contributed by atoms with van der Waals surface area (Å²) in [7, 11) is 0. The molecule has 1 aliphatic carbocycles. The zero-order valence-corrected chi connectivity index (χ0v) is 10.2. The fourth-order valence-electron chi connectivity index (χ4n) is 2.84. The van der Waals surface area contributed by atoms with Gasteiger partial charge in [0.25, 0.3) is 0 Å². The lowest BCUT2D eigenvalue weighted by atomic mass is 9.68. The van der Waals surface area contributed by atoms with Crippen LogP contribution in [0, 0.1) is 5.92 Å². The van der Waals surface area contributed by atoms with Crippen molar-refractivity contribution >= 4 is 5.97 Å². The molecule has 1 saturated carbocycles. The van der Waals surface area contributed by atoms with Crippen molar-refractivity contribution in [2.24, 2.45) is 5.92 Å². The molecule has 1 fully saturated rings. The van der Waals surface area contributed by atoms with E-state index < -0.39 is 11.4 Å². The van der Waals surface area contributed by atoms with E-state index in [4.69, 9.17) is 0 Å². The highest BCUT2D eigenvalue weighted by molar-refractivity contribution is 5.80. The molecule has 0 amide bonds. The lowest BCUT2D eigenvalue weighted by Gasteiger charge is -2.35. The quantitative estimate of drug-likeness (QED) is 0.873. The lowest BCUT2D eigenvalue weighted by Crippen LogP contribution is -2.42. The van der Waals surface area contributed by atoms with Crippen LogP contribution in [0.3, 0.4) is 0 Å². The summed E-state index contributed by atoms with van der Waals surface area (Å²) in [5.74, 6) is -0.535. The predicted octanol–water partition coefficient (Wildman–Crippen LogP) is 3.00. The molecular formula is C14H19NO2. The maximum atomic E-state index is 11.7. The van der Waals surface area contributed by atoms with E-state index in [0.717, 1.165) is 25.7 Å². The van der Waals surface area contributed by atoms with Gasteiger partial charge in [-0.2, -0.15) is 0 Å². The number of carboxylic acids is 1. The highest BCUT2D eigenvalue weighted by atomic mass is 16.4. The minimum Gasteiger partial charge on any atom is -0.481 e. The number of carbonyl (C=O) groups is 1. The SMILES string of the molecule is CC(C(=O)O)(c1ccccn1)C1CCCCC1. The molecule has 1 aromatic rings. The second-order valence-corrected chi connectivity index (χ2v) is 5.06. The van der Waals surface area contributed by atoms with Gasteiger partial charge >= 0.3 is 5.97 Å². The van der Waals surface area contributed by atoms with E-state index >= 15 is 0 Å². The van der Waals surface area contributed by atoms with E-state index in [0.29, 0.717) is 5.69 Å². The first kappa shape index (κ1) is 12.1. The maximum Gasteiger partial charge on any atom is 0.315 e. The summed E-state index contributed by atoms with van der Waals surface area (Å²) in [6.07, 6.45) is 7.19. The summed E-state index contributed by atoms with van der Waals surface area (Å²) in [4.78, 5) is 15.9. The third-order valence-corrected chi connectivity index (χ3v) is 4.06. The lowest BCUT2D eigenvalue weighted by molar-refractivity contribution is -0.146. The van der Waals surface area contributed by atoms with E-state index in [2.05, 4.69) is 4.98 Å². The Morgan fingerprint density at radius 3 is 2.59 bits per heavy atom. The fraction of sp³-hybridized carbons (Fsp3) is 0.571. The van der Waals surface area contributed by atoms with E-state index in [9.17, 15) is 9.90 Å². The molecule has 0 aromatic carbocycles. The summed E-state index contributed by atoms with van der Waals surface area (Å²) in [6, 6.07) is 5.53. The Hall–Kier alpha value is -1.38. The van der Waals surface area contributed by atoms with Gasteiger partial charge in [0.2, 0.25) is 0 Å². The maximum absolute atomic E-state index is 11.7. The van der Waals surface area contributed by atoms with Gasteiger partial charge in [-0.05, 0) is 37.8 Å². The van der Waals surface area contributed by atoms with E-state index in [1.807, 2.05) is 25.1 Å². The molecule has 1 unspecified atom stereocenters. The van der Waals surface area contributed by atoms with E-state index in [-0.39, 0.29) is 5.92 Å². The Labute approximate surface area is 102 Å². The molecular weight excluding hydrogens is 214 g/mol. The number of pyridine rings is 1. The molecule has 3 nitrogen and oxygen atoms in total. The Morgan fingerprint density at radius 1 is 1.35 bits per heavy atom. The molecule has 0 saturated heterocycles. The molecule has 2 rings (SSSR count). The van der Waals surface area contributed by atoms with Crippen molar-refractivity contribution in [3.05, 3.63) is 30.1 Å². The summed E-state index contributed by atoms with van der Waals surface area (Å²) in [5.41, 5.74) is -0.138. The van der Waals surface area contributed by atoms with E-state index in [1.165, 1.54) is 6.42 Å². The standard InChI is InChI=1S/C14H19NO2/c1-14(13(16)17,11-7-3-2-4-8-11)12-9-5-6-10-15-12/h5-6,9-11H,2-4,7-8H2,1H3,(H,16,17). The van der Waals surface area contributed by atoms with Crippen molar-refractivity contribution < 1.29 is 9.90 Å². The molecule has 1 heterocycles. The smallest absolute Gasteiger partial charge is 0.315 e. The number of hydrogen-bond donors (Lipinski definition) is 1. The van der Waals surface area contributed by atoms with Crippen LogP contribution in [0.1, 0.15) is 44.7 Å². The van der Waals surface area contributed by atoms with Crippen LogP contribution < -0.4 is 0 Å². The second kappa shape index (κ2) is 4.86. The average molecular weight is 233 g/mol. The molecule has 1 aliphatic rings. The minimum atomic E-state index is -0.832. The van der Waals surface area contributed by atoms with Crippen molar-refractivity contribution in [1.29, 1.82) is 0 Å². The van der Waals surface area contributed by atoms with Gasteiger partial charge in [-0.25, -0.2) is 0 Å². The Balaban J connectivity index is 2.35. The first-order chi connectivity index (χ1) is 8.15. The highest BCUT2D eigenvalue weighted by Crippen LogP contribution is 2.40. The molecule has 0 radical (unpaired) electrons. The average Bonchev–Trinajstić information content (AvgIpc) is 2.39. The first-order valence-electron chi connectivity index (χ1n) is 6.30. The molecule has 1 atom stereocenters. The summed E-state index contributed by atoms with van der Waals surface area (Å²) in [6.45, 7) is 1.83. The monoisotopic (exact) mass is 233 g/mol. The molecule has 0 bridgehead atoms. The molecule has 17 heavy (non-hydrogen) atoms. The number of carboxylic acid groups (broad SMARTS) is 1. The third-order valence-electron chi connectivity index (χ3n) is 4.06. The molecule has 3 heteroatoms. The van der Waals surface area contributed by atoms with Gasteiger partial charge in [-0.3, -0.25) is 9.78 Å². The predicted molar refractivity (Wildman–Crippen MR) is 65.8 cm³/mol. The summed E-state index contributed by atoms with van der Waals surface area (Å²) in [5, 5.41) is 9.60. The fourth-order valence-corrected chi connectivity index (χ4v) is 2.84. The Morgan fingerprint density at radius 2 is 2.06 bits per heavy atom. The Bertz CT molecular complexity index is 384. The van der Waals surface area contributed by atoms with Gasteiger partial charge in [0.1, 0.15) is 5.41 Å². The summed E-state index contributed by atoms with van der Waals surface area (Å²) >= 11 is 0.